The molecule has 0 aromatic heterocycles. The van der Waals surface area contributed by atoms with E-state index in [4.69, 9.17) is 0 Å². The zero-order chi connectivity index (χ0) is 11.9. The molecular formula is C11H9Br2NO2. The van der Waals surface area contributed by atoms with Crippen molar-refractivity contribution < 1.29 is 9.90 Å². The van der Waals surface area contributed by atoms with Crippen LogP contribution in [0.5, 0.6) is 0 Å². The van der Waals surface area contributed by atoms with Crippen molar-refractivity contribution in [3.63, 3.8) is 0 Å². The van der Waals surface area contributed by atoms with Gasteiger partial charge in [-0.25, -0.2) is 0 Å². The van der Waals surface area contributed by atoms with Gasteiger partial charge in [-0.05, 0) is 28.1 Å². The first-order chi connectivity index (χ1) is 7.49. The summed E-state index contributed by atoms with van der Waals surface area (Å²) in [6.07, 6.45) is 1.72. The number of halogens is 2. The van der Waals surface area contributed by atoms with Crippen LogP contribution in [0.25, 0.3) is 0 Å². The Kier molecular flexibility index (Phi) is 2.94. The minimum absolute atomic E-state index is 0.189. The summed E-state index contributed by atoms with van der Waals surface area (Å²) in [5.41, 5.74) is -0.320. The van der Waals surface area contributed by atoms with Crippen LogP contribution in [0.2, 0.25) is 0 Å². The molecule has 84 valence electrons. The SMILES string of the molecule is C=CCC1(O)C(=O)Nc2c(Br)cc(Br)cc21. The second-order valence-electron chi connectivity index (χ2n) is 3.62. The van der Waals surface area contributed by atoms with Gasteiger partial charge in [-0.1, -0.05) is 22.0 Å². The van der Waals surface area contributed by atoms with E-state index in [-0.39, 0.29) is 6.42 Å². The smallest absolute Gasteiger partial charge is 0.261 e. The molecule has 1 aliphatic heterocycles. The van der Waals surface area contributed by atoms with Gasteiger partial charge in [0.15, 0.2) is 5.60 Å². The predicted molar refractivity (Wildman–Crippen MR) is 69.2 cm³/mol. The minimum Gasteiger partial charge on any atom is -0.375 e. The Morgan fingerprint density at radius 3 is 2.81 bits per heavy atom. The van der Waals surface area contributed by atoms with Gasteiger partial charge < -0.3 is 10.4 Å². The Morgan fingerprint density at radius 2 is 2.19 bits per heavy atom. The number of amides is 1. The van der Waals surface area contributed by atoms with Crippen LogP contribution in [0.3, 0.4) is 0 Å². The van der Waals surface area contributed by atoms with Gasteiger partial charge in [-0.2, -0.15) is 0 Å². The highest BCUT2D eigenvalue weighted by Crippen LogP contribution is 2.43. The van der Waals surface area contributed by atoms with E-state index in [1.54, 1.807) is 6.07 Å². The Hall–Kier alpha value is -0.650. The lowest BCUT2D eigenvalue weighted by molar-refractivity contribution is -0.133. The predicted octanol–water partition coefficient (Wildman–Crippen LogP) is 2.93. The molecule has 1 amide bonds. The molecule has 0 saturated heterocycles. The number of aliphatic hydroxyl groups is 1. The summed E-state index contributed by atoms with van der Waals surface area (Å²) in [6, 6.07) is 3.56. The summed E-state index contributed by atoms with van der Waals surface area (Å²) >= 11 is 6.68. The molecule has 0 spiro atoms. The van der Waals surface area contributed by atoms with Crippen LogP contribution in [0.1, 0.15) is 12.0 Å². The molecule has 0 saturated carbocycles. The van der Waals surface area contributed by atoms with Gasteiger partial charge in [0, 0.05) is 20.9 Å². The van der Waals surface area contributed by atoms with Crippen molar-refractivity contribution in [3.05, 3.63) is 39.3 Å². The van der Waals surface area contributed by atoms with E-state index in [0.29, 0.717) is 11.3 Å². The van der Waals surface area contributed by atoms with Gasteiger partial charge in [0.1, 0.15) is 0 Å². The first-order valence-electron chi connectivity index (χ1n) is 4.63. The van der Waals surface area contributed by atoms with Crippen LogP contribution in [-0.4, -0.2) is 11.0 Å². The van der Waals surface area contributed by atoms with Crippen LogP contribution >= 0.6 is 31.9 Å². The molecule has 0 bridgehead atoms. The Bertz CT molecular complexity index is 487. The second-order valence-corrected chi connectivity index (χ2v) is 5.39. The Morgan fingerprint density at radius 1 is 1.50 bits per heavy atom. The van der Waals surface area contributed by atoms with Crippen molar-refractivity contribution in [1.82, 2.24) is 0 Å². The third-order valence-corrected chi connectivity index (χ3v) is 3.64. The fraction of sp³-hybridized carbons (Fsp3) is 0.182. The molecule has 0 radical (unpaired) electrons. The molecule has 1 aromatic carbocycles. The van der Waals surface area contributed by atoms with Crippen molar-refractivity contribution in [2.24, 2.45) is 0 Å². The lowest BCUT2D eigenvalue weighted by Crippen LogP contribution is -2.33. The number of nitrogens with one attached hydrogen (secondary N) is 1. The van der Waals surface area contributed by atoms with Crippen LogP contribution in [-0.2, 0) is 10.4 Å². The van der Waals surface area contributed by atoms with E-state index in [1.165, 1.54) is 6.08 Å². The first kappa shape index (κ1) is 11.8. The fourth-order valence-electron chi connectivity index (χ4n) is 1.78. The average Bonchev–Trinajstić information content (AvgIpc) is 2.43. The molecule has 1 aromatic rings. The molecule has 1 unspecified atom stereocenters. The van der Waals surface area contributed by atoms with Crippen LogP contribution in [0.15, 0.2) is 33.7 Å². The Balaban J connectivity index is 2.64. The summed E-state index contributed by atoms with van der Waals surface area (Å²) in [6.45, 7) is 3.56. The molecule has 2 rings (SSSR count). The van der Waals surface area contributed by atoms with E-state index < -0.39 is 11.5 Å². The van der Waals surface area contributed by atoms with Gasteiger partial charge in [-0.15, -0.1) is 6.58 Å². The maximum absolute atomic E-state index is 11.8. The number of rotatable bonds is 2. The van der Waals surface area contributed by atoms with Crippen LogP contribution in [0, 0.1) is 0 Å². The number of fused-ring (bicyclic) bond motifs is 1. The van der Waals surface area contributed by atoms with Crippen molar-refractivity contribution >= 4 is 43.5 Å². The standard InChI is InChI=1S/C11H9Br2NO2/c1-2-3-11(16)7-4-6(12)5-8(13)9(7)14-10(11)15/h2,4-5,16H,1,3H2,(H,14,15). The zero-order valence-corrected chi connectivity index (χ0v) is 11.4. The molecule has 1 heterocycles. The summed E-state index contributed by atoms with van der Waals surface area (Å²) < 4.78 is 1.54. The lowest BCUT2D eigenvalue weighted by Gasteiger charge is -2.18. The van der Waals surface area contributed by atoms with Crippen molar-refractivity contribution in [1.29, 1.82) is 0 Å². The number of hydrogen-bond donors (Lipinski definition) is 2. The highest BCUT2D eigenvalue weighted by Gasteiger charge is 2.45. The Labute approximate surface area is 110 Å². The molecule has 5 heteroatoms. The highest BCUT2D eigenvalue weighted by atomic mass is 79.9. The molecule has 1 aliphatic rings. The van der Waals surface area contributed by atoms with Crippen molar-refractivity contribution in [3.8, 4) is 0 Å². The second kappa shape index (κ2) is 3.98. The first-order valence-corrected chi connectivity index (χ1v) is 6.22. The number of hydrogen-bond acceptors (Lipinski definition) is 2. The molecule has 1 atom stereocenters. The monoisotopic (exact) mass is 345 g/mol. The van der Waals surface area contributed by atoms with E-state index in [0.717, 1.165) is 8.95 Å². The molecular weight excluding hydrogens is 338 g/mol. The normalized spacial score (nSPS) is 22.8. The number of anilines is 1. The summed E-state index contributed by atoms with van der Waals surface area (Å²) in [4.78, 5) is 11.8. The maximum Gasteiger partial charge on any atom is 0.261 e. The van der Waals surface area contributed by atoms with Crippen molar-refractivity contribution in [2.75, 3.05) is 5.32 Å². The zero-order valence-electron chi connectivity index (χ0n) is 8.26. The number of carbonyl (C=O) groups is 1. The van der Waals surface area contributed by atoms with Gasteiger partial charge in [0.2, 0.25) is 0 Å². The molecule has 0 fully saturated rings. The third kappa shape index (κ3) is 1.63. The largest absolute Gasteiger partial charge is 0.375 e. The van der Waals surface area contributed by atoms with Crippen LogP contribution < -0.4 is 5.32 Å². The molecule has 3 nitrogen and oxygen atoms in total. The van der Waals surface area contributed by atoms with E-state index in [2.05, 4.69) is 43.8 Å². The lowest BCUT2D eigenvalue weighted by atomic mass is 9.92. The number of carbonyl (C=O) groups excluding carboxylic acids is 1. The van der Waals surface area contributed by atoms with Crippen LogP contribution in [0.4, 0.5) is 5.69 Å². The summed E-state index contributed by atoms with van der Waals surface area (Å²) in [5, 5.41) is 13.0. The molecule has 0 aliphatic carbocycles. The maximum atomic E-state index is 11.8. The molecule has 2 N–H and O–H groups in total. The minimum atomic E-state index is -1.51. The van der Waals surface area contributed by atoms with Crippen molar-refractivity contribution in [2.45, 2.75) is 12.0 Å². The fourth-order valence-corrected chi connectivity index (χ4v) is 3.10. The van der Waals surface area contributed by atoms with Gasteiger partial charge in [-0.3, -0.25) is 4.79 Å². The van der Waals surface area contributed by atoms with Gasteiger partial charge in [0.05, 0.1) is 5.69 Å². The summed E-state index contributed by atoms with van der Waals surface area (Å²) in [5.74, 6) is -0.416. The van der Waals surface area contributed by atoms with E-state index >= 15 is 0 Å². The van der Waals surface area contributed by atoms with E-state index in [9.17, 15) is 9.90 Å². The topological polar surface area (TPSA) is 49.3 Å². The quantitative estimate of drug-likeness (QED) is 0.809. The molecule has 16 heavy (non-hydrogen) atoms. The highest BCUT2D eigenvalue weighted by molar-refractivity contribution is 9.11. The number of benzene rings is 1. The average molecular weight is 347 g/mol. The third-order valence-electron chi connectivity index (χ3n) is 2.55. The van der Waals surface area contributed by atoms with E-state index in [1.807, 2.05) is 6.07 Å². The summed E-state index contributed by atoms with van der Waals surface area (Å²) in [7, 11) is 0. The van der Waals surface area contributed by atoms with Gasteiger partial charge >= 0.3 is 0 Å². The van der Waals surface area contributed by atoms with Gasteiger partial charge in [0.25, 0.3) is 5.91 Å².